The first-order valence-electron chi connectivity index (χ1n) is 4.80. The van der Waals surface area contributed by atoms with Crippen LogP contribution in [-0.2, 0) is 16.6 Å². The highest BCUT2D eigenvalue weighted by atomic mass is 16.5. The molecule has 1 aromatic heterocycles. The van der Waals surface area contributed by atoms with Crippen molar-refractivity contribution in [2.75, 3.05) is 7.11 Å². The molecule has 0 aromatic carbocycles. The van der Waals surface area contributed by atoms with Crippen LogP contribution in [0, 0.1) is 0 Å². The molecular weight excluding hydrogens is 228 g/mol. The number of aliphatic carboxylic acids is 1. The molecule has 2 atom stereocenters. The number of esters is 1. The molecule has 2 unspecified atom stereocenters. The second-order valence-electron chi connectivity index (χ2n) is 3.50. The summed E-state index contributed by atoms with van der Waals surface area (Å²) in [4.78, 5) is 21.9. The van der Waals surface area contributed by atoms with Gasteiger partial charge in [0.2, 0.25) is 0 Å². The fourth-order valence-corrected chi connectivity index (χ4v) is 1.45. The predicted octanol–water partition coefficient (Wildman–Crippen LogP) is -0.743. The highest BCUT2D eigenvalue weighted by Gasteiger charge is 2.27. The van der Waals surface area contributed by atoms with Gasteiger partial charge >= 0.3 is 11.9 Å². The quantitative estimate of drug-likeness (QED) is 0.599. The van der Waals surface area contributed by atoms with Crippen LogP contribution in [0.3, 0.4) is 0 Å². The molecule has 4 N–H and O–H groups in total. The first kappa shape index (κ1) is 13.2. The first-order chi connectivity index (χ1) is 7.90. The largest absolute Gasteiger partial charge is 0.480 e. The van der Waals surface area contributed by atoms with Gasteiger partial charge in [-0.25, -0.2) is 4.79 Å². The fraction of sp³-hybridized carbons (Fsp3) is 0.400. The summed E-state index contributed by atoms with van der Waals surface area (Å²) in [6, 6.07) is 1.41. The summed E-state index contributed by atoms with van der Waals surface area (Å²) in [6.45, 7) is 0. The molecule has 0 aliphatic carbocycles. The predicted molar refractivity (Wildman–Crippen MR) is 57.3 cm³/mol. The third kappa shape index (κ3) is 2.45. The molecule has 94 valence electrons. The molecule has 7 nitrogen and oxygen atoms in total. The number of aromatic nitrogens is 1. The van der Waals surface area contributed by atoms with Gasteiger partial charge in [0.05, 0.1) is 7.11 Å². The lowest BCUT2D eigenvalue weighted by atomic mass is 10.1. The highest BCUT2D eigenvalue weighted by molar-refractivity contribution is 5.87. The third-order valence-electron chi connectivity index (χ3n) is 2.48. The van der Waals surface area contributed by atoms with Gasteiger partial charge in [-0.15, -0.1) is 0 Å². The fourth-order valence-electron chi connectivity index (χ4n) is 1.45. The smallest absolute Gasteiger partial charge is 0.354 e. The molecule has 0 saturated carbocycles. The minimum atomic E-state index is -1.45. The van der Waals surface area contributed by atoms with Gasteiger partial charge < -0.3 is 25.3 Å². The summed E-state index contributed by atoms with van der Waals surface area (Å²) in [7, 11) is 2.74. The molecule has 1 heterocycles. The first-order valence-corrected chi connectivity index (χ1v) is 4.80. The van der Waals surface area contributed by atoms with Crippen LogP contribution in [0.4, 0.5) is 0 Å². The van der Waals surface area contributed by atoms with Gasteiger partial charge in [-0.2, -0.15) is 0 Å². The number of aliphatic hydroxyl groups excluding tert-OH is 1. The van der Waals surface area contributed by atoms with Crippen molar-refractivity contribution in [1.29, 1.82) is 0 Å². The van der Waals surface area contributed by atoms with Gasteiger partial charge in [0, 0.05) is 12.7 Å². The second kappa shape index (κ2) is 4.98. The van der Waals surface area contributed by atoms with Crippen molar-refractivity contribution in [3.8, 4) is 0 Å². The Morgan fingerprint density at radius 1 is 1.47 bits per heavy atom. The summed E-state index contributed by atoms with van der Waals surface area (Å²) in [6.07, 6.45) is -1.39. The van der Waals surface area contributed by atoms with Gasteiger partial charge in [0.15, 0.2) is 0 Å². The molecule has 17 heavy (non-hydrogen) atoms. The van der Waals surface area contributed by atoms with E-state index in [4.69, 9.17) is 10.8 Å². The number of ether oxygens (including phenoxy) is 1. The van der Waals surface area contributed by atoms with E-state index in [0.717, 1.165) is 0 Å². The van der Waals surface area contributed by atoms with Crippen LogP contribution in [0.1, 0.15) is 22.3 Å². The van der Waals surface area contributed by atoms with Crippen molar-refractivity contribution in [2.45, 2.75) is 12.1 Å². The van der Waals surface area contributed by atoms with Crippen LogP contribution in [0.5, 0.6) is 0 Å². The van der Waals surface area contributed by atoms with Crippen molar-refractivity contribution in [3.63, 3.8) is 0 Å². The van der Waals surface area contributed by atoms with E-state index >= 15 is 0 Å². The molecule has 1 aromatic rings. The summed E-state index contributed by atoms with van der Waals surface area (Å²) >= 11 is 0. The topological polar surface area (TPSA) is 115 Å². The zero-order valence-corrected chi connectivity index (χ0v) is 9.45. The molecule has 0 bridgehead atoms. The summed E-state index contributed by atoms with van der Waals surface area (Å²) < 4.78 is 5.88. The monoisotopic (exact) mass is 242 g/mol. The van der Waals surface area contributed by atoms with Crippen LogP contribution in [0.2, 0.25) is 0 Å². The highest BCUT2D eigenvalue weighted by Crippen LogP contribution is 2.19. The van der Waals surface area contributed by atoms with Gasteiger partial charge in [-0.05, 0) is 12.1 Å². The molecule has 0 radical (unpaired) electrons. The lowest BCUT2D eigenvalue weighted by molar-refractivity contribution is -0.141. The molecule has 0 spiro atoms. The van der Waals surface area contributed by atoms with E-state index in [0.29, 0.717) is 0 Å². The number of methoxy groups -OCH3 is 1. The number of aliphatic hydroxyl groups is 1. The number of carbonyl (C=O) groups is 2. The van der Waals surface area contributed by atoms with E-state index in [-0.39, 0.29) is 11.4 Å². The Hall–Kier alpha value is -1.86. The van der Waals surface area contributed by atoms with Gasteiger partial charge in [0.1, 0.15) is 17.8 Å². The Labute approximate surface area is 97.4 Å². The SMILES string of the molecule is COC(=O)c1ccc(C(O)C(N)C(=O)O)n1C. The minimum Gasteiger partial charge on any atom is -0.480 e. The molecule has 7 heteroatoms. The Morgan fingerprint density at radius 2 is 2.06 bits per heavy atom. The molecule has 0 amide bonds. The molecule has 0 fully saturated rings. The number of carbonyl (C=O) groups excluding carboxylic acids is 1. The lowest BCUT2D eigenvalue weighted by Gasteiger charge is -2.16. The maximum atomic E-state index is 11.3. The average molecular weight is 242 g/mol. The number of carboxylic acid groups (broad SMARTS) is 1. The third-order valence-corrected chi connectivity index (χ3v) is 2.48. The number of nitrogens with zero attached hydrogens (tertiary/aromatic N) is 1. The zero-order chi connectivity index (χ0) is 13.2. The Balaban J connectivity index is 3.04. The van der Waals surface area contributed by atoms with Crippen LogP contribution in [0.25, 0.3) is 0 Å². The Bertz CT molecular complexity index is 440. The number of rotatable bonds is 4. The van der Waals surface area contributed by atoms with Gasteiger partial charge in [-0.1, -0.05) is 0 Å². The Morgan fingerprint density at radius 3 is 2.53 bits per heavy atom. The number of hydrogen-bond donors (Lipinski definition) is 3. The van der Waals surface area contributed by atoms with E-state index in [1.54, 1.807) is 0 Å². The summed E-state index contributed by atoms with van der Waals surface area (Å²) in [5, 5.41) is 18.4. The van der Waals surface area contributed by atoms with Crippen molar-refractivity contribution in [2.24, 2.45) is 12.8 Å². The maximum Gasteiger partial charge on any atom is 0.354 e. The second-order valence-corrected chi connectivity index (χ2v) is 3.50. The Kier molecular flexibility index (Phi) is 3.87. The van der Waals surface area contributed by atoms with E-state index in [1.807, 2.05) is 0 Å². The van der Waals surface area contributed by atoms with E-state index < -0.39 is 24.1 Å². The van der Waals surface area contributed by atoms with Gasteiger partial charge in [-0.3, -0.25) is 4.79 Å². The molecule has 0 saturated heterocycles. The molecular formula is C10H14N2O5. The summed E-state index contributed by atoms with van der Waals surface area (Å²) in [5.41, 5.74) is 5.74. The normalized spacial score (nSPS) is 14.1. The van der Waals surface area contributed by atoms with Crippen molar-refractivity contribution in [3.05, 3.63) is 23.5 Å². The molecule has 1 rings (SSSR count). The summed E-state index contributed by atoms with van der Waals surface area (Å²) in [5.74, 6) is -1.90. The van der Waals surface area contributed by atoms with Crippen molar-refractivity contribution in [1.82, 2.24) is 4.57 Å². The van der Waals surface area contributed by atoms with Crippen molar-refractivity contribution >= 4 is 11.9 Å². The molecule has 0 aliphatic rings. The van der Waals surface area contributed by atoms with E-state index in [9.17, 15) is 14.7 Å². The number of hydrogen-bond acceptors (Lipinski definition) is 5. The molecule has 0 aliphatic heterocycles. The number of carboxylic acids is 1. The average Bonchev–Trinajstić information content (AvgIpc) is 2.68. The standard InChI is InChI=1S/C10H14N2O5/c1-12-5(8(13)7(11)9(14)15)3-4-6(12)10(16)17-2/h3-4,7-8,13H,11H2,1-2H3,(H,14,15). The van der Waals surface area contributed by atoms with Crippen molar-refractivity contribution < 1.29 is 24.5 Å². The van der Waals surface area contributed by atoms with Crippen LogP contribution < -0.4 is 5.73 Å². The van der Waals surface area contributed by atoms with Crippen LogP contribution >= 0.6 is 0 Å². The zero-order valence-electron chi connectivity index (χ0n) is 9.45. The van der Waals surface area contributed by atoms with Crippen LogP contribution in [0.15, 0.2) is 12.1 Å². The maximum absolute atomic E-state index is 11.3. The van der Waals surface area contributed by atoms with Crippen LogP contribution in [-0.4, -0.2) is 39.9 Å². The van der Waals surface area contributed by atoms with Gasteiger partial charge in [0.25, 0.3) is 0 Å². The number of nitrogens with two attached hydrogens (primary N) is 1. The van der Waals surface area contributed by atoms with E-state index in [2.05, 4.69) is 4.74 Å². The van der Waals surface area contributed by atoms with E-state index in [1.165, 1.54) is 30.9 Å². The minimum absolute atomic E-state index is 0.208. The lowest BCUT2D eigenvalue weighted by Crippen LogP contribution is -2.37.